The lowest BCUT2D eigenvalue weighted by Gasteiger charge is -2.46. The molecule has 1 amide bonds. The zero-order valence-corrected chi connectivity index (χ0v) is 53.6. The Morgan fingerprint density at radius 1 is 0.420 bits per heavy atom. The molecule has 14 heteroatoms. The molecule has 2 aliphatic heterocycles. The molecule has 0 aromatic rings. The lowest BCUT2D eigenvalue weighted by Crippen LogP contribution is -2.65. The Morgan fingerprint density at radius 3 is 1.25 bits per heavy atom. The molecule has 496 valence electrons. The lowest BCUT2D eigenvalue weighted by atomic mass is 9.97. The van der Waals surface area contributed by atoms with Crippen LogP contribution in [0, 0.1) is 0 Å². The van der Waals surface area contributed by atoms with Gasteiger partial charge in [0, 0.05) is 6.42 Å². The Kier molecular flexibility index (Phi) is 50.9. The van der Waals surface area contributed by atoms with E-state index in [0.29, 0.717) is 12.8 Å². The van der Waals surface area contributed by atoms with Crippen molar-refractivity contribution in [3.05, 3.63) is 170 Å². The van der Waals surface area contributed by atoms with Crippen LogP contribution in [-0.2, 0) is 23.7 Å². The first-order valence-corrected chi connectivity index (χ1v) is 33.4. The smallest absolute Gasteiger partial charge is 0.220 e. The van der Waals surface area contributed by atoms with Gasteiger partial charge in [-0.15, -0.1) is 0 Å². The zero-order chi connectivity index (χ0) is 63.8. The number of hydrogen-bond donors (Lipinski definition) is 9. The molecule has 2 rings (SSSR count). The SMILES string of the molecule is CC/C=C\C/C=C\C/C=C\C/C=C\C/C=C\C/C=C\C/C=C\C/C=C\C/C=C\C/C=C\C/C=C\C/C=C\CCCCC(=O)NC(COC1OC(CO)C(OC2OC(CO)C(O)C(O)C2O)C(O)C1O)C(O)/C=C/CC/C=C/CCCCCCCCCCC. The number of rotatable bonds is 51. The third kappa shape index (κ3) is 40.2. The predicted octanol–water partition coefficient (Wildman–Crippen LogP) is 13.2. The van der Waals surface area contributed by atoms with Crippen molar-refractivity contribution in [2.75, 3.05) is 19.8 Å². The fourth-order valence-corrected chi connectivity index (χ4v) is 9.58. The number of amides is 1. The number of aliphatic hydroxyl groups excluding tert-OH is 8. The second-order valence-electron chi connectivity index (χ2n) is 22.5. The maximum atomic E-state index is 13.3. The number of hydrogen-bond acceptors (Lipinski definition) is 13. The summed E-state index contributed by atoms with van der Waals surface area (Å²) in [5, 5.41) is 87.1. The van der Waals surface area contributed by atoms with Gasteiger partial charge in [-0.05, 0) is 122 Å². The van der Waals surface area contributed by atoms with Gasteiger partial charge in [0.15, 0.2) is 12.6 Å². The summed E-state index contributed by atoms with van der Waals surface area (Å²) in [6.07, 6.45) is 71.2. The van der Waals surface area contributed by atoms with E-state index in [1.165, 1.54) is 57.8 Å². The molecule has 12 unspecified atom stereocenters. The highest BCUT2D eigenvalue weighted by Gasteiger charge is 2.51. The van der Waals surface area contributed by atoms with E-state index in [2.05, 4.69) is 177 Å². The van der Waals surface area contributed by atoms with Crippen LogP contribution in [0.2, 0.25) is 0 Å². The Balaban J connectivity index is 1.70. The van der Waals surface area contributed by atoms with E-state index in [1.807, 2.05) is 6.08 Å². The van der Waals surface area contributed by atoms with Crippen molar-refractivity contribution >= 4 is 5.91 Å². The Bertz CT molecular complexity index is 2130. The van der Waals surface area contributed by atoms with Gasteiger partial charge in [0.1, 0.15) is 48.8 Å². The highest BCUT2D eigenvalue weighted by Crippen LogP contribution is 2.30. The third-order valence-electron chi connectivity index (χ3n) is 14.9. The van der Waals surface area contributed by atoms with Crippen LogP contribution >= 0.6 is 0 Å². The second-order valence-corrected chi connectivity index (χ2v) is 22.5. The van der Waals surface area contributed by atoms with E-state index in [0.717, 1.165) is 103 Å². The minimum absolute atomic E-state index is 0.206. The minimum atomic E-state index is -1.80. The third-order valence-corrected chi connectivity index (χ3v) is 14.9. The molecular formula is C74H117NO13. The van der Waals surface area contributed by atoms with Crippen molar-refractivity contribution < 1.29 is 64.6 Å². The molecule has 2 fully saturated rings. The van der Waals surface area contributed by atoms with Crippen LogP contribution in [0.15, 0.2) is 170 Å². The van der Waals surface area contributed by atoms with Crippen molar-refractivity contribution in [3.8, 4) is 0 Å². The molecule has 12 atom stereocenters. The van der Waals surface area contributed by atoms with Gasteiger partial charge in [0.25, 0.3) is 0 Å². The maximum absolute atomic E-state index is 13.3. The van der Waals surface area contributed by atoms with Crippen LogP contribution in [0.25, 0.3) is 0 Å². The summed E-state index contributed by atoms with van der Waals surface area (Å²) in [5.41, 5.74) is 0. The molecule has 9 N–H and O–H groups in total. The van der Waals surface area contributed by atoms with Gasteiger partial charge < -0.3 is 65.1 Å². The number of unbranched alkanes of at least 4 members (excludes halogenated alkanes) is 12. The normalized spacial score (nSPS) is 24.3. The molecule has 2 aliphatic rings. The number of carbonyl (C=O) groups excluding carboxylic acids is 1. The van der Waals surface area contributed by atoms with Gasteiger partial charge in [-0.1, -0.05) is 235 Å². The minimum Gasteiger partial charge on any atom is -0.394 e. The van der Waals surface area contributed by atoms with Gasteiger partial charge >= 0.3 is 0 Å². The topological polar surface area (TPSA) is 228 Å². The standard InChI is InChI=1S/C74H117NO13/c1-3-5-7-9-11-13-15-17-19-20-21-22-23-24-25-26-27-28-29-30-31-32-33-34-35-36-37-38-39-40-41-42-44-46-48-50-52-54-56-58-66(79)75-62(63(78)57-55-53-51-49-47-45-43-18-16-14-12-10-8-6-4-2)61-85-73-71(84)69(82)72(65(60-77)87-73)88-74-70(83)68(81)67(80)64(59-76)86-74/h5,7,11,13,17,19,21-22,24-25,27-28,30-31,33-34,36-37,39-40,42,44,47-50,55,57,62-65,67-74,76-78,80-84H,3-4,6,8-10,12,14-16,18,20,23,26,29,32,35,38,41,43,45-46,51-54,56,58-61H2,1-2H3,(H,75,79)/b7-5-,13-11-,19-17-,22-21-,25-24-,28-27-,31-30-,34-33-,37-36-,40-39-,44-42-,49-47+,50-48-,57-55+. The molecule has 0 saturated carbocycles. The summed E-state index contributed by atoms with van der Waals surface area (Å²) < 4.78 is 22.7. The van der Waals surface area contributed by atoms with Crippen LogP contribution < -0.4 is 5.32 Å². The molecule has 2 heterocycles. The van der Waals surface area contributed by atoms with Gasteiger partial charge in [0.05, 0.1) is 32.0 Å². The van der Waals surface area contributed by atoms with E-state index in [9.17, 15) is 45.6 Å². The Labute approximate surface area is 530 Å². The summed E-state index contributed by atoms with van der Waals surface area (Å²) >= 11 is 0. The molecule has 0 spiro atoms. The fraction of sp³-hybridized carbons (Fsp3) is 0.608. The quantitative estimate of drug-likeness (QED) is 0.0204. The number of allylic oxidation sites excluding steroid dienone is 27. The monoisotopic (exact) mass is 1230 g/mol. The van der Waals surface area contributed by atoms with Crippen LogP contribution in [0.1, 0.15) is 194 Å². The maximum Gasteiger partial charge on any atom is 0.220 e. The number of ether oxygens (including phenoxy) is 4. The molecular weight excluding hydrogens is 1110 g/mol. The first-order valence-electron chi connectivity index (χ1n) is 33.4. The van der Waals surface area contributed by atoms with E-state index in [1.54, 1.807) is 6.08 Å². The van der Waals surface area contributed by atoms with E-state index >= 15 is 0 Å². The van der Waals surface area contributed by atoms with Gasteiger partial charge in [-0.25, -0.2) is 0 Å². The van der Waals surface area contributed by atoms with Crippen LogP contribution in [-0.4, -0.2) is 140 Å². The summed E-state index contributed by atoms with van der Waals surface area (Å²) in [4.78, 5) is 13.3. The van der Waals surface area contributed by atoms with Crippen LogP contribution in [0.5, 0.6) is 0 Å². The molecule has 2 saturated heterocycles. The van der Waals surface area contributed by atoms with E-state index in [-0.39, 0.29) is 18.9 Å². The van der Waals surface area contributed by atoms with Crippen molar-refractivity contribution in [1.29, 1.82) is 0 Å². The highest BCUT2D eigenvalue weighted by molar-refractivity contribution is 5.76. The number of nitrogens with one attached hydrogen (secondary N) is 1. The zero-order valence-electron chi connectivity index (χ0n) is 53.6. The number of aliphatic hydroxyl groups is 8. The molecule has 0 aromatic carbocycles. The summed E-state index contributed by atoms with van der Waals surface area (Å²) in [6.45, 7) is 2.60. The van der Waals surface area contributed by atoms with Gasteiger partial charge in [-0.2, -0.15) is 0 Å². The number of carbonyl (C=O) groups is 1. The second kappa shape index (κ2) is 56.3. The Morgan fingerprint density at radius 2 is 0.795 bits per heavy atom. The molecule has 14 nitrogen and oxygen atoms in total. The van der Waals surface area contributed by atoms with E-state index < -0.39 is 86.8 Å². The predicted molar refractivity (Wildman–Crippen MR) is 359 cm³/mol. The summed E-state index contributed by atoms with van der Waals surface area (Å²) in [7, 11) is 0. The average molecular weight is 1230 g/mol. The van der Waals surface area contributed by atoms with Crippen molar-refractivity contribution in [2.24, 2.45) is 0 Å². The molecule has 0 bridgehead atoms. The van der Waals surface area contributed by atoms with Crippen molar-refractivity contribution in [1.82, 2.24) is 5.32 Å². The highest BCUT2D eigenvalue weighted by atomic mass is 16.7. The van der Waals surface area contributed by atoms with Gasteiger partial charge in [0.2, 0.25) is 5.91 Å². The van der Waals surface area contributed by atoms with E-state index in [4.69, 9.17) is 18.9 Å². The molecule has 0 radical (unpaired) electrons. The van der Waals surface area contributed by atoms with Crippen molar-refractivity contribution in [2.45, 2.75) is 267 Å². The average Bonchev–Trinajstić information content (AvgIpc) is 2.99. The van der Waals surface area contributed by atoms with Gasteiger partial charge in [-0.3, -0.25) is 4.79 Å². The molecule has 0 aromatic heterocycles. The summed E-state index contributed by atoms with van der Waals surface area (Å²) in [5.74, 6) is -0.300. The van der Waals surface area contributed by atoms with Crippen LogP contribution in [0.4, 0.5) is 0 Å². The molecule has 88 heavy (non-hydrogen) atoms. The van der Waals surface area contributed by atoms with Crippen molar-refractivity contribution in [3.63, 3.8) is 0 Å². The largest absolute Gasteiger partial charge is 0.394 e. The molecule has 0 aliphatic carbocycles. The fourth-order valence-electron chi connectivity index (χ4n) is 9.58. The van der Waals surface area contributed by atoms with Crippen LogP contribution in [0.3, 0.4) is 0 Å². The Hall–Kier alpha value is -4.65. The lowest BCUT2D eigenvalue weighted by molar-refractivity contribution is -0.359. The summed E-state index contributed by atoms with van der Waals surface area (Å²) in [6, 6.07) is -0.968. The first kappa shape index (κ1) is 79.4. The first-order chi connectivity index (χ1) is 43.1.